The van der Waals surface area contributed by atoms with E-state index in [1.165, 1.54) is 12.0 Å². The van der Waals surface area contributed by atoms with Crippen molar-refractivity contribution in [2.24, 2.45) is 0 Å². The van der Waals surface area contributed by atoms with Gasteiger partial charge in [-0.25, -0.2) is 8.42 Å². The number of rotatable bonds is 4. The minimum Gasteiger partial charge on any atom is -0.496 e. The molecule has 19 heavy (non-hydrogen) atoms. The molecule has 1 aliphatic heterocycles. The summed E-state index contributed by atoms with van der Waals surface area (Å²) >= 11 is 0. The van der Waals surface area contributed by atoms with E-state index in [-0.39, 0.29) is 24.7 Å². The first-order chi connectivity index (χ1) is 8.99. The monoisotopic (exact) mass is 283 g/mol. The van der Waals surface area contributed by atoms with Crippen LogP contribution in [0, 0.1) is 0 Å². The molecule has 2 rings (SSSR count). The highest BCUT2D eigenvalue weighted by Crippen LogP contribution is 2.24. The van der Waals surface area contributed by atoms with Gasteiger partial charge < -0.3 is 9.64 Å². The molecule has 1 aromatic carbocycles. The van der Waals surface area contributed by atoms with Crippen LogP contribution in [-0.4, -0.2) is 50.4 Å². The van der Waals surface area contributed by atoms with Crippen molar-refractivity contribution < 1.29 is 17.9 Å². The zero-order valence-corrected chi connectivity index (χ0v) is 11.8. The van der Waals surface area contributed by atoms with E-state index in [0.717, 1.165) is 0 Å². The van der Waals surface area contributed by atoms with E-state index < -0.39 is 15.1 Å². The molecule has 1 fully saturated rings. The van der Waals surface area contributed by atoms with Crippen LogP contribution in [0.3, 0.4) is 0 Å². The molecule has 1 aromatic rings. The van der Waals surface area contributed by atoms with E-state index >= 15 is 0 Å². The maximum Gasteiger partial charge on any atom is 0.257 e. The fraction of sp³-hybridized carbons (Fsp3) is 0.462. The van der Waals surface area contributed by atoms with E-state index in [1.807, 2.05) is 0 Å². The third-order valence-electron chi connectivity index (χ3n) is 3.38. The highest BCUT2D eigenvalue weighted by Gasteiger charge is 2.39. The molecular weight excluding hydrogens is 266 g/mol. The summed E-state index contributed by atoms with van der Waals surface area (Å²) in [6, 6.07) is 6.95. The van der Waals surface area contributed by atoms with Crippen LogP contribution >= 0.6 is 0 Å². The van der Waals surface area contributed by atoms with Crippen molar-refractivity contribution in [1.29, 1.82) is 0 Å². The van der Waals surface area contributed by atoms with Gasteiger partial charge in [0.25, 0.3) is 5.91 Å². The molecule has 1 aliphatic rings. The van der Waals surface area contributed by atoms with E-state index in [1.54, 1.807) is 31.2 Å². The third kappa shape index (κ3) is 2.58. The van der Waals surface area contributed by atoms with Crippen molar-refractivity contribution in [3.05, 3.63) is 29.8 Å². The second kappa shape index (κ2) is 5.21. The number of hydrogen-bond donors (Lipinski definition) is 0. The number of para-hydroxylation sites is 1. The molecule has 5 nitrogen and oxygen atoms in total. The maximum absolute atomic E-state index is 12.2. The lowest BCUT2D eigenvalue weighted by molar-refractivity contribution is 0.0655. The van der Waals surface area contributed by atoms with Crippen LogP contribution in [-0.2, 0) is 9.84 Å². The van der Waals surface area contributed by atoms with Crippen molar-refractivity contribution in [2.45, 2.75) is 12.2 Å². The number of carbonyl (C=O) groups is 1. The van der Waals surface area contributed by atoms with Gasteiger partial charge in [0, 0.05) is 18.8 Å². The smallest absolute Gasteiger partial charge is 0.257 e. The standard InChI is InChI=1S/C13H17NO4S/c1-3-19(16,17)10-8-14(9-10)13(15)11-6-4-5-7-12(11)18-2/h4-7,10H,3,8-9H2,1-2H3. The van der Waals surface area contributed by atoms with Gasteiger partial charge in [0.15, 0.2) is 9.84 Å². The van der Waals surface area contributed by atoms with Crippen LogP contribution in [0.25, 0.3) is 0 Å². The Balaban J connectivity index is 2.08. The number of carbonyl (C=O) groups excluding carboxylic acids is 1. The highest BCUT2D eigenvalue weighted by atomic mass is 32.2. The van der Waals surface area contributed by atoms with Crippen molar-refractivity contribution in [2.75, 3.05) is 26.0 Å². The van der Waals surface area contributed by atoms with Gasteiger partial charge in [0.05, 0.1) is 17.9 Å². The number of amides is 1. The number of benzene rings is 1. The lowest BCUT2D eigenvalue weighted by Gasteiger charge is -2.38. The molecular formula is C13H17NO4S. The molecule has 0 unspecified atom stereocenters. The van der Waals surface area contributed by atoms with E-state index in [2.05, 4.69) is 0 Å². The van der Waals surface area contributed by atoms with Crippen molar-refractivity contribution in [1.82, 2.24) is 4.90 Å². The van der Waals surface area contributed by atoms with E-state index in [0.29, 0.717) is 11.3 Å². The number of hydrogen-bond acceptors (Lipinski definition) is 4. The number of sulfone groups is 1. The summed E-state index contributed by atoms with van der Waals surface area (Å²) in [4.78, 5) is 13.8. The molecule has 1 heterocycles. The summed E-state index contributed by atoms with van der Waals surface area (Å²) in [7, 11) is -1.54. The summed E-state index contributed by atoms with van der Waals surface area (Å²) in [5.41, 5.74) is 0.470. The first-order valence-electron chi connectivity index (χ1n) is 6.13. The Morgan fingerprint density at radius 1 is 1.37 bits per heavy atom. The van der Waals surface area contributed by atoms with E-state index in [4.69, 9.17) is 4.74 Å². The predicted molar refractivity (Wildman–Crippen MR) is 72.1 cm³/mol. The average molecular weight is 283 g/mol. The van der Waals surface area contributed by atoms with Gasteiger partial charge in [-0.05, 0) is 12.1 Å². The molecule has 0 saturated carbocycles. The first kappa shape index (κ1) is 13.9. The normalized spacial score (nSPS) is 16.0. The van der Waals surface area contributed by atoms with Crippen molar-refractivity contribution in [3.8, 4) is 5.75 Å². The summed E-state index contributed by atoms with van der Waals surface area (Å²) in [5, 5.41) is -0.420. The molecule has 6 heteroatoms. The largest absolute Gasteiger partial charge is 0.496 e. The fourth-order valence-corrected chi connectivity index (χ4v) is 3.34. The quantitative estimate of drug-likeness (QED) is 0.825. The summed E-state index contributed by atoms with van der Waals surface area (Å²) in [5.74, 6) is 0.447. The molecule has 0 aliphatic carbocycles. The van der Waals surface area contributed by atoms with Crippen molar-refractivity contribution >= 4 is 15.7 Å². The Labute approximate surface area is 113 Å². The maximum atomic E-state index is 12.2. The topological polar surface area (TPSA) is 63.7 Å². The Kier molecular flexibility index (Phi) is 3.80. The molecule has 0 bridgehead atoms. The molecule has 0 spiro atoms. The van der Waals surface area contributed by atoms with Gasteiger partial charge >= 0.3 is 0 Å². The minimum atomic E-state index is -3.05. The summed E-state index contributed by atoms with van der Waals surface area (Å²) < 4.78 is 28.4. The van der Waals surface area contributed by atoms with Gasteiger partial charge in [-0.3, -0.25) is 4.79 Å². The lowest BCUT2D eigenvalue weighted by Crippen LogP contribution is -2.57. The second-order valence-electron chi connectivity index (χ2n) is 4.48. The fourth-order valence-electron chi connectivity index (χ4n) is 2.06. The van der Waals surface area contributed by atoms with Gasteiger partial charge in [-0.2, -0.15) is 0 Å². The molecule has 0 N–H and O–H groups in total. The van der Waals surface area contributed by atoms with Gasteiger partial charge in [-0.1, -0.05) is 19.1 Å². The number of ether oxygens (including phenoxy) is 1. The molecule has 0 atom stereocenters. The zero-order chi connectivity index (χ0) is 14.0. The molecule has 104 valence electrons. The molecule has 0 aromatic heterocycles. The molecule has 1 saturated heterocycles. The average Bonchev–Trinajstić information content (AvgIpc) is 2.36. The summed E-state index contributed by atoms with van der Waals surface area (Å²) in [6.07, 6.45) is 0. The first-order valence-corrected chi connectivity index (χ1v) is 7.85. The molecule has 0 radical (unpaired) electrons. The van der Waals surface area contributed by atoms with E-state index in [9.17, 15) is 13.2 Å². The van der Waals surface area contributed by atoms with Crippen molar-refractivity contribution in [3.63, 3.8) is 0 Å². The SMILES string of the molecule is CCS(=O)(=O)C1CN(C(=O)c2ccccc2OC)C1. The number of likely N-dealkylation sites (tertiary alicyclic amines) is 1. The molecule has 1 amide bonds. The minimum absolute atomic E-state index is 0.119. The highest BCUT2D eigenvalue weighted by molar-refractivity contribution is 7.92. The third-order valence-corrected chi connectivity index (χ3v) is 5.50. The van der Waals surface area contributed by atoms with Crippen LogP contribution < -0.4 is 4.74 Å². The Morgan fingerprint density at radius 3 is 2.58 bits per heavy atom. The Bertz CT molecular complexity index is 576. The Morgan fingerprint density at radius 2 is 2.00 bits per heavy atom. The van der Waals surface area contributed by atoms with Crippen LogP contribution in [0.4, 0.5) is 0 Å². The summed E-state index contributed by atoms with van der Waals surface area (Å²) in [6.45, 7) is 2.17. The Hall–Kier alpha value is -1.56. The second-order valence-corrected chi connectivity index (χ2v) is 7.05. The van der Waals surface area contributed by atoms with Crippen LogP contribution in [0.15, 0.2) is 24.3 Å². The predicted octanol–water partition coefficient (Wildman–Crippen LogP) is 0.954. The zero-order valence-electron chi connectivity index (χ0n) is 11.0. The number of methoxy groups -OCH3 is 1. The van der Waals surface area contributed by atoms with Gasteiger partial charge in [-0.15, -0.1) is 0 Å². The van der Waals surface area contributed by atoms with Gasteiger partial charge in [0.1, 0.15) is 5.75 Å². The lowest BCUT2D eigenvalue weighted by atomic mass is 10.1. The van der Waals surface area contributed by atoms with Gasteiger partial charge in [0.2, 0.25) is 0 Å². The number of nitrogens with zero attached hydrogens (tertiary/aromatic N) is 1. The van der Waals surface area contributed by atoms with Crippen LogP contribution in [0.5, 0.6) is 5.75 Å². The van der Waals surface area contributed by atoms with Crippen LogP contribution in [0.1, 0.15) is 17.3 Å². The van der Waals surface area contributed by atoms with Crippen LogP contribution in [0.2, 0.25) is 0 Å².